The fourth-order valence-corrected chi connectivity index (χ4v) is 2.34. The van der Waals surface area contributed by atoms with Crippen LogP contribution in [0.25, 0.3) is 0 Å². The molecule has 1 saturated heterocycles. The Morgan fingerprint density at radius 1 is 1.67 bits per heavy atom. The monoisotopic (exact) mass is 226 g/mol. The molecule has 1 fully saturated rings. The highest BCUT2D eigenvalue weighted by atomic mass is 35.5. The maximum Gasteiger partial charge on any atom is 0.151 e. The lowest BCUT2D eigenvalue weighted by atomic mass is 10.1. The Morgan fingerprint density at radius 2 is 2.47 bits per heavy atom. The average Bonchev–Trinajstić information content (AvgIpc) is 2.60. The summed E-state index contributed by atoms with van der Waals surface area (Å²) in [6.07, 6.45) is 4.27. The summed E-state index contributed by atoms with van der Waals surface area (Å²) in [4.78, 5) is 10.3. The third-order valence-electron chi connectivity index (χ3n) is 2.91. The van der Waals surface area contributed by atoms with Gasteiger partial charge in [0.05, 0.1) is 6.20 Å². The van der Waals surface area contributed by atoms with Crippen LogP contribution in [0.15, 0.2) is 12.5 Å². The molecule has 15 heavy (non-hydrogen) atoms. The van der Waals surface area contributed by atoms with E-state index in [1.807, 2.05) is 0 Å². The van der Waals surface area contributed by atoms with Crippen LogP contribution in [0.2, 0.25) is 5.02 Å². The van der Waals surface area contributed by atoms with Gasteiger partial charge >= 0.3 is 0 Å². The number of hydrogen-bond donors (Lipinski definition) is 1. The standard InChI is InChI=1S/C10H15ClN4/c1-7-2-8(3-12)5-15(7)10-9(11)4-13-6-14-10/h4,6-8H,2-3,5,12H2,1H3. The van der Waals surface area contributed by atoms with E-state index in [1.165, 1.54) is 6.33 Å². The molecular formula is C10H15ClN4. The molecule has 0 aliphatic carbocycles. The second kappa shape index (κ2) is 4.33. The van der Waals surface area contributed by atoms with Crippen molar-refractivity contribution in [1.82, 2.24) is 9.97 Å². The van der Waals surface area contributed by atoms with E-state index in [4.69, 9.17) is 17.3 Å². The molecule has 2 unspecified atom stereocenters. The molecule has 2 atom stereocenters. The zero-order chi connectivity index (χ0) is 10.8. The van der Waals surface area contributed by atoms with Gasteiger partial charge < -0.3 is 10.6 Å². The fraction of sp³-hybridized carbons (Fsp3) is 0.600. The van der Waals surface area contributed by atoms with Gasteiger partial charge in [0.15, 0.2) is 5.82 Å². The highest BCUT2D eigenvalue weighted by Gasteiger charge is 2.30. The molecule has 0 spiro atoms. The molecule has 1 aliphatic rings. The zero-order valence-electron chi connectivity index (χ0n) is 8.73. The van der Waals surface area contributed by atoms with Gasteiger partial charge in [-0.15, -0.1) is 0 Å². The van der Waals surface area contributed by atoms with Crippen molar-refractivity contribution in [2.24, 2.45) is 11.7 Å². The second-order valence-electron chi connectivity index (χ2n) is 4.03. The Hall–Kier alpha value is -0.870. The van der Waals surface area contributed by atoms with Crippen molar-refractivity contribution in [1.29, 1.82) is 0 Å². The summed E-state index contributed by atoms with van der Waals surface area (Å²) in [6, 6.07) is 0.450. The molecule has 4 nitrogen and oxygen atoms in total. The van der Waals surface area contributed by atoms with E-state index < -0.39 is 0 Å². The zero-order valence-corrected chi connectivity index (χ0v) is 9.48. The van der Waals surface area contributed by atoms with E-state index in [1.54, 1.807) is 6.20 Å². The number of aromatic nitrogens is 2. The molecule has 2 N–H and O–H groups in total. The van der Waals surface area contributed by atoms with Crippen molar-refractivity contribution < 1.29 is 0 Å². The molecular weight excluding hydrogens is 212 g/mol. The topological polar surface area (TPSA) is 55.0 Å². The highest BCUT2D eigenvalue weighted by Crippen LogP contribution is 2.30. The van der Waals surface area contributed by atoms with Crippen molar-refractivity contribution in [2.75, 3.05) is 18.0 Å². The molecule has 1 aliphatic heterocycles. The number of anilines is 1. The van der Waals surface area contributed by atoms with Crippen molar-refractivity contribution in [3.05, 3.63) is 17.5 Å². The van der Waals surface area contributed by atoms with Crippen LogP contribution in [0.5, 0.6) is 0 Å². The molecule has 0 bridgehead atoms. The molecule has 2 heterocycles. The van der Waals surface area contributed by atoms with E-state index >= 15 is 0 Å². The van der Waals surface area contributed by atoms with Crippen LogP contribution >= 0.6 is 11.6 Å². The number of hydrogen-bond acceptors (Lipinski definition) is 4. The Labute approximate surface area is 94.5 Å². The minimum atomic E-state index is 0.450. The van der Waals surface area contributed by atoms with Crippen LogP contribution in [-0.4, -0.2) is 29.1 Å². The number of nitrogens with zero attached hydrogens (tertiary/aromatic N) is 3. The van der Waals surface area contributed by atoms with Crippen molar-refractivity contribution >= 4 is 17.4 Å². The summed E-state index contributed by atoms with van der Waals surface area (Å²) >= 11 is 6.06. The molecule has 1 aromatic heterocycles. The summed E-state index contributed by atoms with van der Waals surface area (Å²) in [5.74, 6) is 1.38. The van der Waals surface area contributed by atoms with Gasteiger partial charge in [-0.1, -0.05) is 11.6 Å². The minimum absolute atomic E-state index is 0.450. The van der Waals surface area contributed by atoms with Gasteiger partial charge in [-0.3, -0.25) is 0 Å². The van der Waals surface area contributed by atoms with E-state index in [0.29, 0.717) is 17.0 Å². The van der Waals surface area contributed by atoms with Crippen LogP contribution in [0.1, 0.15) is 13.3 Å². The van der Waals surface area contributed by atoms with Gasteiger partial charge in [-0.05, 0) is 25.8 Å². The van der Waals surface area contributed by atoms with E-state index in [9.17, 15) is 0 Å². The van der Waals surface area contributed by atoms with Gasteiger partial charge in [0.2, 0.25) is 0 Å². The fourth-order valence-electron chi connectivity index (χ4n) is 2.13. The molecule has 1 aromatic rings. The molecule has 0 saturated carbocycles. The first kappa shape index (κ1) is 10.6. The van der Waals surface area contributed by atoms with Gasteiger partial charge in [-0.25, -0.2) is 9.97 Å². The first-order chi connectivity index (χ1) is 7.22. The third kappa shape index (κ3) is 2.06. The summed E-state index contributed by atoms with van der Waals surface area (Å²) in [6.45, 7) is 3.84. The quantitative estimate of drug-likeness (QED) is 0.826. The molecule has 0 radical (unpaired) electrons. The summed E-state index contributed by atoms with van der Waals surface area (Å²) in [5.41, 5.74) is 5.68. The lowest BCUT2D eigenvalue weighted by Crippen LogP contribution is -2.28. The van der Waals surface area contributed by atoms with Crippen LogP contribution in [-0.2, 0) is 0 Å². The van der Waals surface area contributed by atoms with Gasteiger partial charge in [0.25, 0.3) is 0 Å². The van der Waals surface area contributed by atoms with Crippen LogP contribution in [0.3, 0.4) is 0 Å². The van der Waals surface area contributed by atoms with Gasteiger partial charge in [0.1, 0.15) is 11.3 Å². The van der Waals surface area contributed by atoms with Crippen LogP contribution < -0.4 is 10.6 Å². The molecule has 0 amide bonds. The Kier molecular flexibility index (Phi) is 3.07. The van der Waals surface area contributed by atoms with E-state index in [0.717, 1.165) is 25.3 Å². The largest absolute Gasteiger partial charge is 0.352 e. The van der Waals surface area contributed by atoms with Gasteiger partial charge in [0, 0.05) is 12.6 Å². The van der Waals surface area contributed by atoms with E-state index in [-0.39, 0.29) is 0 Å². The maximum atomic E-state index is 6.06. The average molecular weight is 227 g/mol. The number of rotatable bonds is 2. The summed E-state index contributed by atoms with van der Waals surface area (Å²) in [5, 5.41) is 0.613. The van der Waals surface area contributed by atoms with Crippen LogP contribution in [0, 0.1) is 5.92 Å². The predicted molar refractivity (Wildman–Crippen MR) is 61.0 cm³/mol. The van der Waals surface area contributed by atoms with Crippen molar-refractivity contribution in [2.45, 2.75) is 19.4 Å². The lowest BCUT2D eigenvalue weighted by Gasteiger charge is -2.23. The lowest BCUT2D eigenvalue weighted by molar-refractivity contribution is 0.579. The molecule has 82 valence electrons. The predicted octanol–water partition coefficient (Wildman–Crippen LogP) is 1.30. The smallest absolute Gasteiger partial charge is 0.151 e. The summed E-state index contributed by atoms with van der Waals surface area (Å²) < 4.78 is 0. The number of halogens is 1. The molecule has 5 heteroatoms. The molecule has 0 aromatic carbocycles. The Bertz CT molecular complexity index is 344. The third-order valence-corrected chi connectivity index (χ3v) is 3.18. The second-order valence-corrected chi connectivity index (χ2v) is 4.44. The Morgan fingerprint density at radius 3 is 3.07 bits per heavy atom. The first-order valence-electron chi connectivity index (χ1n) is 5.14. The number of nitrogens with two attached hydrogens (primary N) is 1. The van der Waals surface area contributed by atoms with Gasteiger partial charge in [-0.2, -0.15) is 0 Å². The first-order valence-corrected chi connectivity index (χ1v) is 5.52. The highest BCUT2D eigenvalue weighted by molar-refractivity contribution is 6.32. The summed E-state index contributed by atoms with van der Waals surface area (Å²) in [7, 11) is 0. The van der Waals surface area contributed by atoms with Crippen molar-refractivity contribution in [3.63, 3.8) is 0 Å². The normalized spacial score (nSPS) is 25.9. The minimum Gasteiger partial charge on any atom is -0.352 e. The SMILES string of the molecule is CC1CC(CN)CN1c1ncncc1Cl. The molecule has 2 rings (SSSR count). The van der Waals surface area contributed by atoms with E-state index in [2.05, 4.69) is 21.8 Å². The Balaban J connectivity index is 2.21. The maximum absolute atomic E-state index is 6.06. The van der Waals surface area contributed by atoms with Crippen molar-refractivity contribution in [3.8, 4) is 0 Å². The van der Waals surface area contributed by atoms with Crippen LogP contribution in [0.4, 0.5) is 5.82 Å².